The molecule has 0 fully saturated rings. The Bertz CT molecular complexity index is 2660. The molecule has 0 radical (unpaired) electrons. The number of para-hydroxylation sites is 2. The summed E-state index contributed by atoms with van der Waals surface area (Å²) in [5.41, 5.74) is 11.3. The maximum Gasteiger partial charge on any atom is 0.230 e. The molecular formula is C39H24N2O2. The number of hydrogen-bond acceptors (Lipinski definition) is 2. The number of benzene rings is 6. The van der Waals surface area contributed by atoms with Gasteiger partial charge < -0.3 is 13.4 Å². The first-order valence-corrected chi connectivity index (χ1v) is 14.4. The number of aromatic nitrogens is 1. The highest BCUT2D eigenvalue weighted by molar-refractivity contribution is 6.15. The van der Waals surface area contributed by atoms with E-state index in [0.29, 0.717) is 11.3 Å². The van der Waals surface area contributed by atoms with Crippen molar-refractivity contribution in [3.63, 3.8) is 0 Å². The van der Waals surface area contributed by atoms with Gasteiger partial charge in [-0.15, -0.1) is 0 Å². The van der Waals surface area contributed by atoms with E-state index in [9.17, 15) is 0 Å². The first kappa shape index (κ1) is 23.9. The highest BCUT2D eigenvalue weighted by Gasteiger charge is 2.20. The van der Waals surface area contributed by atoms with E-state index in [-0.39, 0.29) is 0 Å². The van der Waals surface area contributed by atoms with E-state index in [0.717, 1.165) is 66.1 Å². The van der Waals surface area contributed by atoms with Gasteiger partial charge in [-0.2, -0.15) is 0 Å². The Labute approximate surface area is 246 Å². The van der Waals surface area contributed by atoms with Gasteiger partial charge in [0.2, 0.25) is 5.69 Å². The molecule has 0 saturated heterocycles. The van der Waals surface area contributed by atoms with Crippen LogP contribution < -0.4 is 0 Å². The molecule has 0 unspecified atom stereocenters. The molecule has 3 aromatic heterocycles. The molecule has 0 aliphatic heterocycles. The normalized spacial score (nSPS) is 11.9. The van der Waals surface area contributed by atoms with Crippen LogP contribution >= 0.6 is 0 Å². The van der Waals surface area contributed by atoms with Crippen LogP contribution in [-0.2, 0) is 0 Å². The van der Waals surface area contributed by atoms with Crippen LogP contribution in [0.5, 0.6) is 0 Å². The minimum absolute atomic E-state index is 0.500. The fourth-order valence-corrected chi connectivity index (χ4v) is 6.70. The van der Waals surface area contributed by atoms with Gasteiger partial charge in [0.05, 0.1) is 23.3 Å². The monoisotopic (exact) mass is 552 g/mol. The van der Waals surface area contributed by atoms with E-state index in [4.69, 9.17) is 15.4 Å². The van der Waals surface area contributed by atoms with Crippen molar-refractivity contribution in [2.45, 2.75) is 13.8 Å². The predicted molar refractivity (Wildman–Crippen MR) is 177 cm³/mol. The molecule has 0 aliphatic rings. The van der Waals surface area contributed by atoms with E-state index in [1.807, 2.05) is 30.3 Å². The molecule has 0 N–H and O–H groups in total. The van der Waals surface area contributed by atoms with Crippen molar-refractivity contribution in [1.82, 2.24) is 4.57 Å². The second-order valence-corrected chi connectivity index (χ2v) is 11.4. The van der Waals surface area contributed by atoms with E-state index in [1.54, 1.807) is 0 Å². The highest BCUT2D eigenvalue weighted by atomic mass is 16.3. The Morgan fingerprint density at radius 2 is 1.33 bits per heavy atom. The molecule has 0 atom stereocenters. The molecule has 4 heteroatoms. The topological polar surface area (TPSA) is 35.6 Å². The molecule has 0 bridgehead atoms. The van der Waals surface area contributed by atoms with E-state index in [2.05, 4.69) is 102 Å². The van der Waals surface area contributed by atoms with Crippen LogP contribution in [0.2, 0.25) is 0 Å². The lowest BCUT2D eigenvalue weighted by Crippen LogP contribution is -1.94. The van der Waals surface area contributed by atoms with Gasteiger partial charge in [0.25, 0.3) is 0 Å². The summed E-state index contributed by atoms with van der Waals surface area (Å²) in [6.07, 6.45) is 0. The van der Waals surface area contributed by atoms with Gasteiger partial charge in [0.1, 0.15) is 16.7 Å². The molecule has 9 rings (SSSR count). The zero-order valence-electron chi connectivity index (χ0n) is 23.6. The fraction of sp³-hybridized carbons (Fsp3) is 0.0513. The van der Waals surface area contributed by atoms with Crippen molar-refractivity contribution in [2.75, 3.05) is 0 Å². The summed E-state index contributed by atoms with van der Waals surface area (Å²) in [4.78, 5) is 3.93. The molecule has 0 saturated carbocycles. The van der Waals surface area contributed by atoms with Crippen LogP contribution in [0.3, 0.4) is 0 Å². The third-order valence-electron chi connectivity index (χ3n) is 8.71. The van der Waals surface area contributed by atoms with Crippen LogP contribution in [0.4, 0.5) is 5.69 Å². The lowest BCUT2D eigenvalue weighted by molar-refractivity contribution is 0.668. The number of hydrogen-bond donors (Lipinski definition) is 0. The molecule has 0 aliphatic carbocycles. The predicted octanol–water partition coefficient (Wildman–Crippen LogP) is 11.4. The summed E-state index contributed by atoms with van der Waals surface area (Å²) >= 11 is 0. The van der Waals surface area contributed by atoms with Crippen molar-refractivity contribution in [3.05, 3.63) is 132 Å². The van der Waals surface area contributed by atoms with Crippen molar-refractivity contribution >= 4 is 71.4 Å². The number of rotatable bonds is 2. The van der Waals surface area contributed by atoms with Crippen molar-refractivity contribution in [2.24, 2.45) is 0 Å². The second-order valence-electron chi connectivity index (χ2n) is 11.4. The standard InChI is InChI=1S/C39H24N2O2/c1-22-12-15-33-29(17-22)26-14-11-23(2)18-35(26)41(33)34-9-6-8-28-31-20-25(21-32(40-3)38(31)43-39(28)34)24-13-16-37-30(19-24)27-7-4-5-10-36(27)42-37/h4-21H,1-2H3. The Balaban J connectivity index is 1.32. The summed E-state index contributed by atoms with van der Waals surface area (Å²) in [5, 5.41) is 6.50. The molecule has 202 valence electrons. The van der Waals surface area contributed by atoms with E-state index < -0.39 is 0 Å². The average molecular weight is 553 g/mol. The maximum atomic E-state index is 8.07. The van der Waals surface area contributed by atoms with Gasteiger partial charge in [-0.25, -0.2) is 4.85 Å². The molecule has 3 heterocycles. The maximum absolute atomic E-state index is 8.07. The summed E-state index contributed by atoms with van der Waals surface area (Å²) in [6, 6.07) is 38.0. The average Bonchev–Trinajstić information content (AvgIpc) is 3.69. The Kier molecular flexibility index (Phi) is 4.78. The molecule has 4 nitrogen and oxygen atoms in total. The van der Waals surface area contributed by atoms with Crippen molar-refractivity contribution in [1.29, 1.82) is 0 Å². The molecule has 43 heavy (non-hydrogen) atoms. The van der Waals surface area contributed by atoms with Gasteiger partial charge in [0.15, 0.2) is 5.58 Å². The minimum atomic E-state index is 0.500. The van der Waals surface area contributed by atoms with Gasteiger partial charge >= 0.3 is 0 Å². The highest BCUT2D eigenvalue weighted by Crippen LogP contribution is 2.43. The number of aryl methyl sites for hydroxylation is 2. The minimum Gasteiger partial charge on any atom is -0.465 e. The van der Waals surface area contributed by atoms with Gasteiger partial charge in [-0.3, -0.25) is 0 Å². The molecule has 0 amide bonds. The molecule has 0 spiro atoms. The third kappa shape index (κ3) is 3.37. The zero-order valence-corrected chi connectivity index (χ0v) is 23.6. The number of fused-ring (bicyclic) bond motifs is 9. The SMILES string of the molecule is [C-]#[N+]c1cc(-c2ccc3oc4ccccc4c3c2)cc2c1oc1c(-n3c4ccc(C)cc4c4ccc(C)cc43)cccc12. The Morgan fingerprint density at radius 3 is 2.23 bits per heavy atom. The molecule has 6 aromatic carbocycles. The van der Waals surface area contributed by atoms with Crippen molar-refractivity contribution < 1.29 is 8.83 Å². The number of nitrogens with zero attached hydrogens (tertiary/aromatic N) is 2. The molecule has 9 aromatic rings. The van der Waals surface area contributed by atoms with Crippen molar-refractivity contribution in [3.8, 4) is 16.8 Å². The van der Waals surface area contributed by atoms with Crippen LogP contribution in [-0.4, -0.2) is 4.57 Å². The lowest BCUT2D eigenvalue weighted by atomic mass is 9.99. The quantitative estimate of drug-likeness (QED) is 0.200. The van der Waals surface area contributed by atoms with E-state index >= 15 is 0 Å². The van der Waals surface area contributed by atoms with Gasteiger partial charge in [-0.05, 0) is 85.1 Å². The van der Waals surface area contributed by atoms with Crippen LogP contribution in [0.25, 0.3) is 87.3 Å². The Morgan fingerprint density at radius 1 is 0.535 bits per heavy atom. The summed E-state index contributed by atoms with van der Waals surface area (Å²) in [7, 11) is 0. The summed E-state index contributed by atoms with van der Waals surface area (Å²) in [6.45, 7) is 12.3. The molecular weight excluding hydrogens is 528 g/mol. The Hall–Kier alpha value is -5.79. The zero-order chi connectivity index (χ0) is 28.8. The number of furan rings is 2. The smallest absolute Gasteiger partial charge is 0.230 e. The first-order valence-electron chi connectivity index (χ1n) is 14.4. The largest absolute Gasteiger partial charge is 0.465 e. The summed E-state index contributed by atoms with van der Waals surface area (Å²) < 4.78 is 15.0. The van der Waals surface area contributed by atoms with Crippen LogP contribution in [0, 0.1) is 20.4 Å². The third-order valence-corrected chi connectivity index (χ3v) is 8.71. The van der Waals surface area contributed by atoms with Crippen LogP contribution in [0.15, 0.2) is 118 Å². The second kappa shape index (κ2) is 8.61. The summed E-state index contributed by atoms with van der Waals surface area (Å²) in [5.74, 6) is 0. The lowest BCUT2D eigenvalue weighted by Gasteiger charge is -2.09. The van der Waals surface area contributed by atoms with E-state index in [1.165, 1.54) is 21.9 Å². The first-order chi connectivity index (χ1) is 21.1. The van der Waals surface area contributed by atoms with Gasteiger partial charge in [-0.1, -0.05) is 60.2 Å². The van der Waals surface area contributed by atoms with Gasteiger partial charge in [0, 0.05) is 32.3 Å². The fourth-order valence-electron chi connectivity index (χ4n) is 6.70. The van der Waals surface area contributed by atoms with Crippen LogP contribution in [0.1, 0.15) is 11.1 Å².